The van der Waals surface area contributed by atoms with Crippen LogP contribution in [-0.2, 0) is 4.74 Å². The number of likely N-dealkylation sites (N-methyl/N-ethyl adjacent to an activating group) is 1. The van der Waals surface area contributed by atoms with E-state index in [9.17, 15) is 0 Å². The molecule has 1 fully saturated rings. The molecule has 1 saturated heterocycles. The maximum atomic E-state index is 5.90. The van der Waals surface area contributed by atoms with Crippen LogP contribution < -0.4 is 5.32 Å². The van der Waals surface area contributed by atoms with Crippen molar-refractivity contribution >= 4 is 0 Å². The molecule has 0 aliphatic carbocycles. The zero-order chi connectivity index (χ0) is 13.1. The van der Waals surface area contributed by atoms with E-state index in [1.165, 1.54) is 35.1 Å². The highest BCUT2D eigenvalue weighted by Gasteiger charge is 2.28. The van der Waals surface area contributed by atoms with Crippen LogP contribution in [0, 0.1) is 20.8 Å². The van der Waals surface area contributed by atoms with Gasteiger partial charge in [-0.1, -0.05) is 24.6 Å². The largest absolute Gasteiger partial charge is 0.376 e. The van der Waals surface area contributed by atoms with Gasteiger partial charge in [-0.2, -0.15) is 0 Å². The molecule has 0 aromatic heterocycles. The van der Waals surface area contributed by atoms with E-state index in [0.29, 0.717) is 12.1 Å². The van der Waals surface area contributed by atoms with E-state index >= 15 is 0 Å². The van der Waals surface area contributed by atoms with E-state index in [1.807, 2.05) is 0 Å². The summed E-state index contributed by atoms with van der Waals surface area (Å²) in [7, 11) is 0. The van der Waals surface area contributed by atoms with Gasteiger partial charge in [-0.3, -0.25) is 0 Å². The highest BCUT2D eigenvalue weighted by molar-refractivity contribution is 5.40. The van der Waals surface area contributed by atoms with Gasteiger partial charge in [-0.05, 0) is 56.8 Å². The first-order valence-corrected chi connectivity index (χ1v) is 7.06. The summed E-state index contributed by atoms with van der Waals surface area (Å²) in [6.07, 6.45) is 2.70. The van der Waals surface area contributed by atoms with Gasteiger partial charge < -0.3 is 10.1 Å². The molecule has 0 spiro atoms. The summed E-state index contributed by atoms with van der Waals surface area (Å²) in [5, 5.41) is 3.62. The molecule has 1 aliphatic rings. The topological polar surface area (TPSA) is 21.3 Å². The molecule has 0 radical (unpaired) electrons. The highest BCUT2D eigenvalue weighted by Crippen LogP contribution is 2.31. The molecule has 2 heteroatoms. The summed E-state index contributed by atoms with van der Waals surface area (Å²) >= 11 is 0. The van der Waals surface area contributed by atoms with E-state index in [0.717, 1.165) is 13.2 Å². The normalized spacial score (nSPS) is 21.2. The molecule has 2 unspecified atom stereocenters. The van der Waals surface area contributed by atoms with E-state index in [1.54, 1.807) is 0 Å². The predicted molar refractivity (Wildman–Crippen MR) is 76.0 cm³/mol. The molecule has 0 amide bonds. The summed E-state index contributed by atoms with van der Waals surface area (Å²) in [5.41, 5.74) is 5.55. The van der Waals surface area contributed by atoms with Gasteiger partial charge in [0.2, 0.25) is 0 Å². The Kier molecular flexibility index (Phi) is 4.41. The van der Waals surface area contributed by atoms with Gasteiger partial charge in [0, 0.05) is 6.61 Å². The van der Waals surface area contributed by atoms with Crippen LogP contribution in [-0.4, -0.2) is 19.3 Å². The van der Waals surface area contributed by atoms with Gasteiger partial charge in [0.25, 0.3) is 0 Å². The van der Waals surface area contributed by atoms with Gasteiger partial charge in [0.15, 0.2) is 0 Å². The van der Waals surface area contributed by atoms with Crippen molar-refractivity contribution in [1.29, 1.82) is 0 Å². The molecule has 1 aliphatic heterocycles. The minimum Gasteiger partial charge on any atom is -0.376 e. The van der Waals surface area contributed by atoms with E-state index in [4.69, 9.17) is 4.74 Å². The fourth-order valence-electron chi connectivity index (χ4n) is 3.19. The maximum Gasteiger partial charge on any atom is 0.0770 e. The lowest BCUT2D eigenvalue weighted by Crippen LogP contribution is -2.32. The fourth-order valence-corrected chi connectivity index (χ4v) is 3.19. The summed E-state index contributed by atoms with van der Waals surface area (Å²) in [5.74, 6) is 0. The van der Waals surface area contributed by atoms with Crippen molar-refractivity contribution in [3.63, 3.8) is 0 Å². The van der Waals surface area contributed by atoms with Gasteiger partial charge in [-0.15, -0.1) is 0 Å². The van der Waals surface area contributed by atoms with Crippen LogP contribution >= 0.6 is 0 Å². The van der Waals surface area contributed by atoms with Gasteiger partial charge in [-0.25, -0.2) is 0 Å². The molecule has 1 N–H and O–H groups in total. The summed E-state index contributed by atoms with van der Waals surface area (Å²) < 4.78 is 5.90. The monoisotopic (exact) mass is 247 g/mol. The van der Waals surface area contributed by atoms with Crippen LogP contribution in [0.4, 0.5) is 0 Å². The quantitative estimate of drug-likeness (QED) is 0.880. The first-order valence-electron chi connectivity index (χ1n) is 7.06. The van der Waals surface area contributed by atoms with Crippen molar-refractivity contribution < 1.29 is 4.74 Å². The number of hydrogen-bond donors (Lipinski definition) is 1. The van der Waals surface area contributed by atoms with E-state index in [-0.39, 0.29) is 0 Å². The lowest BCUT2D eigenvalue weighted by atomic mass is 9.90. The Bertz CT molecular complexity index is 385. The summed E-state index contributed by atoms with van der Waals surface area (Å²) in [6.45, 7) is 10.7. The molecule has 2 atom stereocenters. The van der Waals surface area contributed by atoms with Crippen LogP contribution in [0.5, 0.6) is 0 Å². The van der Waals surface area contributed by atoms with Crippen molar-refractivity contribution in [3.05, 3.63) is 34.4 Å². The highest BCUT2D eigenvalue weighted by atomic mass is 16.5. The minimum absolute atomic E-state index is 0.338. The van der Waals surface area contributed by atoms with E-state index < -0.39 is 0 Å². The number of aryl methyl sites for hydroxylation is 3. The van der Waals surface area contributed by atoms with Crippen LogP contribution in [0.25, 0.3) is 0 Å². The Labute approximate surface area is 111 Å². The second kappa shape index (κ2) is 5.85. The fraction of sp³-hybridized carbons (Fsp3) is 0.625. The lowest BCUT2D eigenvalue weighted by Gasteiger charge is -2.27. The molecule has 0 bridgehead atoms. The number of rotatable bonds is 4. The third-order valence-corrected chi connectivity index (χ3v) is 3.81. The molecule has 2 nitrogen and oxygen atoms in total. The summed E-state index contributed by atoms with van der Waals surface area (Å²) in [4.78, 5) is 0. The van der Waals surface area contributed by atoms with Gasteiger partial charge in [0.05, 0.1) is 12.1 Å². The zero-order valence-electron chi connectivity index (χ0n) is 12.0. The summed E-state index contributed by atoms with van der Waals surface area (Å²) in [6, 6.07) is 4.90. The third-order valence-electron chi connectivity index (χ3n) is 3.81. The van der Waals surface area contributed by atoms with Crippen LogP contribution in [0.3, 0.4) is 0 Å². The Balaban J connectivity index is 2.35. The molecular formula is C16H25NO. The van der Waals surface area contributed by atoms with Crippen LogP contribution in [0.15, 0.2) is 12.1 Å². The molecular weight excluding hydrogens is 222 g/mol. The lowest BCUT2D eigenvalue weighted by molar-refractivity contribution is 0.0784. The first kappa shape index (κ1) is 13.6. The second-order valence-electron chi connectivity index (χ2n) is 5.40. The number of benzene rings is 1. The molecule has 2 rings (SSSR count). The van der Waals surface area contributed by atoms with Crippen LogP contribution in [0.2, 0.25) is 0 Å². The van der Waals surface area contributed by atoms with Crippen molar-refractivity contribution in [2.75, 3.05) is 13.2 Å². The average molecular weight is 247 g/mol. The van der Waals surface area contributed by atoms with Crippen molar-refractivity contribution in [2.45, 2.75) is 52.7 Å². The minimum atomic E-state index is 0.338. The molecule has 1 aromatic carbocycles. The van der Waals surface area contributed by atoms with E-state index in [2.05, 4.69) is 45.1 Å². The number of hydrogen-bond acceptors (Lipinski definition) is 2. The Hall–Kier alpha value is -0.860. The third kappa shape index (κ3) is 2.76. The van der Waals surface area contributed by atoms with Crippen LogP contribution in [0.1, 0.15) is 48.1 Å². The SMILES string of the molecule is CCNC(c1c(C)cc(C)cc1C)C1CCCO1. The predicted octanol–water partition coefficient (Wildman–Crippen LogP) is 3.44. The molecule has 1 aromatic rings. The Morgan fingerprint density at radius 3 is 2.44 bits per heavy atom. The maximum absolute atomic E-state index is 5.90. The number of ether oxygens (including phenoxy) is 1. The van der Waals surface area contributed by atoms with Crippen molar-refractivity contribution in [1.82, 2.24) is 5.32 Å². The molecule has 100 valence electrons. The van der Waals surface area contributed by atoms with Crippen molar-refractivity contribution in [3.8, 4) is 0 Å². The van der Waals surface area contributed by atoms with Gasteiger partial charge >= 0.3 is 0 Å². The standard InChI is InChI=1S/C16H25NO/c1-5-17-16(14-7-6-8-18-14)15-12(3)9-11(2)10-13(15)4/h9-10,14,16-17H,5-8H2,1-4H3. The first-order chi connectivity index (χ1) is 8.63. The molecule has 18 heavy (non-hydrogen) atoms. The average Bonchev–Trinajstić information content (AvgIpc) is 2.79. The van der Waals surface area contributed by atoms with Crippen molar-refractivity contribution in [2.24, 2.45) is 0 Å². The second-order valence-corrected chi connectivity index (χ2v) is 5.40. The smallest absolute Gasteiger partial charge is 0.0770 e. The molecule has 0 saturated carbocycles. The Morgan fingerprint density at radius 1 is 1.28 bits per heavy atom. The Morgan fingerprint density at radius 2 is 1.94 bits per heavy atom. The molecule has 1 heterocycles. The zero-order valence-corrected chi connectivity index (χ0v) is 12.0. The van der Waals surface area contributed by atoms with Gasteiger partial charge in [0.1, 0.15) is 0 Å². The number of nitrogens with one attached hydrogen (secondary N) is 1.